The molecular formula is C12H21ClN2O2. The second-order valence-corrected chi connectivity index (χ2v) is 4.76. The molecule has 2 aliphatic heterocycles. The Labute approximate surface area is 109 Å². The Bertz CT molecular complexity index is 274. The van der Waals surface area contributed by atoms with E-state index in [2.05, 4.69) is 12.2 Å². The molecule has 0 aromatic heterocycles. The fourth-order valence-electron chi connectivity index (χ4n) is 2.62. The number of amides is 2. The molecule has 0 bridgehead atoms. The molecule has 2 heterocycles. The van der Waals surface area contributed by atoms with E-state index in [1.807, 2.05) is 0 Å². The van der Waals surface area contributed by atoms with Crippen molar-refractivity contribution in [2.24, 2.45) is 11.8 Å². The number of unbranched alkanes of at least 4 members (excludes halogenated alkanes) is 3. The van der Waals surface area contributed by atoms with Crippen molar-refractivity contribution in [3.8, 4) is 0 Å². The van der Waals surface area contributed by atoms with Crippen LogP contribution in [-0.4, -0.2) is 36.3 Å². The normalized spacial score (nSPS) is 27.2. The van der Waals surface area contributed by atoms with Crippen LogP contribution in [0.3, 0.4) is 0 Å². The molecule has 1 N–H and O–H groups in total. The third-order valence-electron chi connectivity index (χ3n) is 3.62. The van der Waals surface area contributed by atoms with E-state index in [0.29, 0.717) is 19.6 Å². The number of fused-ring (bicyclic) bond motifs is 1. The van der Waals surface area contributed by atoms with E-state index < -0.39 is 0 Å². The Kier molecular flexibility index (Phi) is 5.40. The molecular weight excluding hydrogens is 240 g/mol. The van der Waals surface area contributed by atoms with Crippen LogP contribution in [0.5, 0.6) is 0 Å². The molecule has 0 aromatic rings. The predicted molar refractivity (Wildman–Crippen MR) is 68.0 cm³/mol. The minimum atomic E-state index is -0.0707. The fourth-order valence-corrected chi connectivity index (χ4v) is 2.62. The summed E-state index contributed by atoms with van der Waals surface area (Å²) in [5.41, 5.74) is 0. The Morgan fingerprint density at radius 2 is 1.71 bits per heavy atom. The lowest BCUT2D eigenvalue weighted by Crippen LogP contribution is -2.35. The highest BCUT2D eigenvalue weighted by Crippen LogP contribution is 2.29. The van der Waals surface area contributed by atoms with Crippen LogP contribution < -0.4 is 5.32 Å². The van der Waals surface area contributed by atoms with Gasteiger partial charge in [-0.25, -0.2) is 0 Å². The van der Waals surface area contributed by atoms with Crippen molar-refractivity contribution in [2.75, 3.05) is 19.6 Å². The van der Waals surface area contributed by atoms with Crippen LogP contribution in [0.4, 0.5) is 0 Å². The van der Waals surface area contributed by atoms with E-state index in [4.69, 9.17) is 0 Å². The number of imide groups is 1. The molecule has 0 radical (unpaired) electrons. The first kappa shape index (κ1) is 14.5. The SMILES string of the molecule is CCCCCCN1C(=O)[C@H]2CNC[C@H]2C1=O.Cl. The van der Waals surface area contributed by atoms with Crippen molar-refractivity contribution in [1.82, 2.24) is 10.2 Å². The fraction of sp³-hybridized carbons (Fsp3) is 0.833. The number of hydrogen-bond donors (Lipinski definition) is 1. The maximum absolute atomic E-state index is 11.9. The van der Waals surface area contributed by atoms with Gasteiger partial charge in [0.2, 0.25) is 11.8 Å². The summed E-state index contributed by atoms with van der Waals surface area (Å²) in [6.45, 7) is 4.15. The third-order valence-corrected chi connectivity index (χ3v) is 3.62. The molecule has 98 valence electrons. The van der Waals surface area contributed by atoms with E-state index in [-0.39, 0.29) is 36.1 Å². The summed E-state index contributed by atoms with van der Waals surface area (Å²) < 4.78 is 0. The van der Waals surface area contributed by atoms with Gasteiger partial charge in [0, 0.05) is 19.6 Å². The smallest absolute Gasteiger partial charge is 0.234 e. The molecule has 2 rings (SSSR count). The number of rotatable bonds is 5. The summed E-state index contributed by atoms with van der Waals surface area (Å²) >= 11 is 0. The van der Waals surface area contributed by atoms with E-state index in [1.54, 1.807) is 0 Å². The molecule has 0 spiro atoms. The minimum absolute atomic E-state index is 0. The van der Waals surface area contributed by atoms with Gasteiger partial charge in [-0.05, 0) is 6.42 Å². The number of hydrogen-bond acceptors (Lipinski definition) is 3. The van der Waals surface area contributed by atoms with E-state index in [1.165, 1.54) is 17.7 Å². The molecule has 2 fully saturated rings. The minimum Gasteiger partial charge on any atom is -0.315 e. The zero-order valence-electron chi connectivity index (χ0n) is 10.3. The summed E-state index contributed by atoms with van der Waals surface area (Å²) in [4.78, 5) is 25.3. The summed E-state index contributed by atoms with van der Waals surface area (Å²) in [6, 6.07) is 0. The Morgan fingerprint density at radius 3 is 2.24 bits per heavy atom. The molecule has 0 aliphatic carbocycles. The molecule has 0 saturated carbocycles. The number of carbonyl (C=O) groups excluding carboxylic acids is 2. The molecule has 2 atom stereocenters. The second kappa shape index (κ2) is 6.36. The Hall–Kier alpha value is -0.610. The lowest BCUT2D eigenvalue weighted by Gasteiger charge is -2.15. The number of carbonyl (C=O) groups is 2. The highest BCUT2D eigenvalue weighted by atomic mass is 35.5. The predicted octanol–water partition coefficient (Wildman–Crippen LogP) is 1.19. The van der Waals surface area contributed by atoms with Gasteiger partial charge in [0.15, 0.2) is 0 Å². The van der Waals surface area contributed by atoms with Gasteiger partial charge >= 0.3 is 0 Å². The molecule has 4 nitrogen and oxygen atoms in total. The number of nitrogens with one attached hydrogen (secondary N) is 1. The highest BCUT2D eigenvalue weighted by molar-refractivity contribution is 6.05. The summed E-state index contributed by atoms with van der Waals surface area (Å²) in [7, 11) is 0. The first-order valence-electron chi connectivity index (χ1n) is 6.31. The van der Waals surface area contributed by atoms with Gasteiger partial charge in [-0.1, -0.05) is 26.2 Å². The van der Waals surface area contributed by atoms with E-state index >= 15 is 0 Å². The Morgan fingerprint density at radius 1 is 1.12 bits per heavy atom. The van der Waals surface area contributed by atoms with Gasteiger partial charge in [-0.3, -0.25) is 14.5 Å². The molecule has 0 aromatic carbocycles. The molecule has 0 unspecified atom stereocenters. The second-order valence-electron chi connectivity index (χ2n) is 4.76. The van der Waals surface area contributed by atoms with Crippen LogP contribution in [0, 0.1) is 11.8 Å². The van der Waals surface area contributed by atoms with Gasteiger partial charge in [0.05, 0.1) is 11.8 Å². The molecule has 5 heteroatoms. The first-order valence-corrected chi connectivity index (χ1v) is 6.31. The largest absolute Gasteiger partial charge is 0.315 e. The van der Waals surface area contributed by atoms with E-state index in [9.17, 15) is 9.59 Å². The monoisotopic (exact) mass is 260 g/mol. The Balaban J connectivity index is 0.00000144. The van der Waals surface area contributed by atoms with Gasteiger partial charge < -0.3 is 5.32 Å². The average molecular weight is 261 g/mol. The molecule has 2 amide bonds. The van der Waals surface area contributed by atoms with Crippen molar-refractivity contribution in [3.05, 3.63) is 0 Å². The van der Waals surface area contributed by atoms with Gasteiger partial charge in [-0.15, -0.1) is 12.4 Å². The van der Waals surface area contributed by atoms with Crippen molar-refractivity contribution in [1.29, 1.82) is 0 Å². The lowest BCUT2D eigenvalue weighted by molar-refractivity contribution is -0.140. The standard InChI is InChI=1S/C12H20N2O2.ClH/c1-2-3-4-5-6-14-11(15)9-7-13-8-10(9)12(14)16;/h9-10,13H,2-8H2,1H3;1H/t9-,10+;. The maximum Gasteiger partial charge on any atom is 0.234 e. The van der Waals surface area contributed by atoms with Crippen LogP contribution in [0.15, 0.2) is 0 Å². The average Bonchev–Trinajstić information content (AvgIpc) is 2.83. The van der Waals surface area contributed by atoms with Crippen molar-refractivity contribution >= 4 is 24.2 Å². The van der Waals surface area contributed by atoms with Gasteiger partial charge in [0.1, 0.15) is 0 Å². The number of likely N-dealkylation sites (tertiary alicyclic amines) is 1. The van der Waals surface area contributed by atoms with E-state index in [0.717, 1.165) is 12.8 Å². The molecule has 2 aliphatic rings. The topological polar surface area (TPSA) is 49.4 Å². The summed E-state index contributed by atoms with van der Waals surface area (Å²) in [6.07, 6.45) is 4.43. The number of halogens is 1. The zero-order chi connectivity index (χ0) is 11.5. The summed E-state index contributed by atoms with van der Waals surface area (Å²) in [5, 5.41) is 3.11. The quantitative estimate of drug-likeness (QED) is 0.597. The third kappa shape index (κ3) is 2.80. The van der Waals surface area contributed by atoms with Crippen LogP contribution in [0.1, 0.15) is 32.6 Å². The van der Waals surface area contributed by atoms with Crippen LogP contribution in [0.2, 0.25) is 0 Å². The van der Waals surface area contributed by atoms with Gasteiger partial charge in [-0.2, -0.15) is 0 Å². The lowest BCUT2D eigenvalue weighted by atomic mass is 10.00. The highest BCUT2D eigenvalue weighted by Gasteiger charge is 2.49. The zero-order valence-corrected chi connectivity index (χ0v) is 11.1. The van der Waals surface area contributed by atoms with Crippen molar-refractivity contribution < 1.29 is 9.59 Å². The van der Waals surface area contributed by atoms with Crippen molar-refractivity contribution in [2.45, 2.75) is 32.6 Å². The van der Waals surface area contributed by atoms with Crippen LogP contribution in [0.25, 0.3) is 0 Å². The number of nitrogens with zero attached hydrogens (tertiary/aromatic N) is 1. The first-order chi connectivity index (χ1) is 7.75. The van der Waals surface area contributed by atoms with Crippen molar-refractivity contribution in [3.63, 3.8) is 0 Å². The van der Waals surface area contributed by atoms with Crippen LogP contribution >= 0.6 is 12.4 Å². The summed E-state index contributed by atoms with van der Waals surface area (Å²) in [5.74, 6) is -0.0367. The molecule has 17 heavy (non-hydrogen) atoms. The van der Waals surface area contributed by atoms with Gasteiger partial charge in [0.25, 0.3) is 0 Å². The van der Waals surface area contributed by atoms with Crippen LogP contribution in [-0.2, 0) is 9.59 Å². The maximum atomic E-state index is 11.9. The molecule has 2 saturated heterocycles.